The van der Waals surface area contributed by atoms with Gasteiger partial charge in [0.05, 0.1) is 5.02 Å². The van der Waals surface area contributed by atoms with E-state index in [1.54, 1.807) is 6.07 Å². The number of anilines is 3. The molecule has 5 rings (SSSR count). The Morgan fingerprint density at radius 1 is 1.22 bits per heavy atom. The number of rotatable bonds is 3. The molecule has 1 atom stereocenters. The zero-order valence-corrected chi connectivity index (χ0v) is 16.9. The van der Waals surface area contributed by atoms with Crippen LogP contribution < -0.4 is 21.5 Å². The van der Waals surface area contributed by atoms with Gasteiger partial charge in [-0.25, -0.2) is 19.2 Å². The molecular formula is C20H14ClFN6O4. The molecule has 3 aromatic rings. The number of aromatic nitrogens is 3. The summed E-state index contributed by atoms with van der Waals surface area (Å²) >= 11 is 6.37. The summed E-state index contributed by atoms with van der Waals surface area (Å²) in [6.07, 6.45) is 0.689. The van der Waals surface area contributed by atoms with Gasteiger partial charge in [0.2, 0.25) is 0 Å². The SMILES string of the molecule is O=C(O)Nc1cc(Nc2cc(Cl)c3n(c2=O)C2(CCc4ccc(F)cc42)NC3=O)ncn1. The number of aryl methyl sites for hydroxylation is 1. The molecule has 32 heavy (non-hydrogen) atoms. The molecule has 2 amide bonds. The second kappa shape index (κ2) is 7.02. The minimum absolute atomic E-state index is 0.000506. The normalized spacial score (nSPS) is 18.2. The summed E-state index contributed by atoms with van der Waals surface area (Å²) in [4.78, 5) is 44.8. The third kappa shape index (κ3) is 2.97. The number of nitrogens with one attached hydrogen (secondary N) is 3. The number of hydrogen-bond donors (Lipinski definition) is 4. The molecule has 1 spiro atoms. The van der Waals surface area contributed by atoms with E-state index in [4.69, 9.17) is 16.7 Å². The van der Waals surface area contributed by atoms with Crippen LogP contribution in [0, 0.1) is 5.82 Å². The maximum absolute atomic E-state index is 14.0. The minimum atomic E-state index is -1.31. The fourth-order valence-corrected chi connectivity index (χ4v) is 4.54. The number of hydrogen-bond acceptors (Lipinski definition) is 6. The highest BCUT2D eigenvalue weighted by Crippen LogP contribution is 2.43. The number of amides is 2. The Morgan fingerprint density at radius 2 is 2.00 bits per heavy atom. The molecule has 0 bridgehead atoms. The van der Waals surface area contributed by atoms with Crippen molar-refractivity contribution in [3.8, 4) is 0 Å². The lowest BCUT2D eigenvalue weighted by molar-refractivity contribution is 0.0935. The van der Waals surface area contributed by atoms with Crippen molar-refractivity contribution in [2.24, 2.45) is 0 Å². The Labute approximate surface area is 184 Å². The predicted molar refractivity (Wildman–Crippen MR) is 112 cm³/mol. The van der Waals surface area contributed by atoms with Gasteiger partial charge in [-0.2, -0.15) is 0 Å². The van der Waals surface area contributed by atoms with Crippen molar-refractivity contribution in [1.82, 2.24) is 19.9 Å². The molecule has 162 valence electrons. The van der Waals surface area contributed by atoms with Crippen LogP contribution in [0.15, 0.2) is 41.5 Å². The molecule has 10 nitrogen and oxygen atoms in total. The molecule has 2 aliphatic rings. The van der Waals surface area contributed by atoms with Crippen molar-refractivity contribution in [2.75, 3.05) is 10.6 Å². The Kier molecular flexibility index (Phi) is 4.38. The number of carbonyl (C=O) groups excluding carboxylic acids is 1. The quantitative estimate of drug-likeness (QED) is 0.475. The lowest BCUT2D eigenvalue weighted by Crippen LogP contribution is -2.46. The summed E-state index contributed by atoms with van der Waals surface area (Å²) in [5.41, 5.74) is -0.541. The van der Waals surface area contributed by atoms with Crippen molar-refractivity contribution in [1.29, 1.82) is 0 Å². The number of halogens is 2. The zero-order chi connectivity index (χ0) is 22.6. The maximum Gasteiger partial charge on any atom is 0.410 e. The summed E-state index contributed by atoms with van der Waals surface area (Å²) < 4.78 is 15.3. The van der Waals surface area contributed by atoms with E-state index in [1.165, 1.54) is 28.8 Å². The molecule has 0 radical (unpaired) electrons. The predicted octanol–water partition coefficient (Wildman–Crippen LogP) is 2.66. The summed E-state index contributed by atoms with van der Waals surface area (Å²) in [5, 5.41) is 16.6. The van der Waals surface area contributed by atoms with Gasteiger partial charge in [0, 0.05) is 11.6 Å². The first-order valence-corrected chi connectivity index (χ1v) is 9.83. The number of fused-ring (bicyclic) bond motifs is 4. The number of carboxylic acid groups (broad SMARTS) is 1. The van der Waals surface area contributed by atoms with Gasteiger partial charge in [-0.05, 0) is 36.6 Å². The summed E-state index contributed by atoms with van der Waals surface area (Å²) in [5.74, 6) is -0.899. The molecule has 1 aliphatic carbocycles. The van der Waals surface area contributed by atoms with E-state index >= 15 is 0 Å². The van der Waals surface area contributed by atoms with Crippen LogP contribution in [0.1, 0.15) is 28.0 Å². The first kappa shape index (κ1) is 19.9. The van der Waals surface area contributed by atoms with E-state index < -0.39 is 29.0 Å². The Morgan fingerprint density at radius 3 is 2.78 bits per heavy atom. The zero-order valence-electron chi connectivity index (χ0n) is 16.1. The van der Waals surface area contributed by atoms with Crippen LogP contribution in [-0.4, -0.2) is 31.6 Å². The number of benzene rings is 1. The lowest BCUT2D eigenvalue weighted by Gasteiger charge is -2.28. The standard InChI is InChI=1S/C20H14ClFN6O4/c21-12-6-13(25-14-7-15(24-8-23-14)26-19(31)32)18(30)28-16(12)17(29)27-20(28)4-3-9-1-2-10(22)5-11(9)20/h1-2,5-8H,3-4H2,(H,27,29)(H,31,32)(H2,23,24,25,26). The minimum Gasteiger partial charge on any atom is -0.465 e. The topological polar surface area (TPSA) is 138 Å². The van der Waals surface area contributed by atoms with Gasteiger partial charge in [-0.15, -0.1) is 0 Å². The smallest absolute Gasteiger partial charge is 0.410 e. The average Bonchev–Trinajstić information content (AvgIpc) is 3.23. The number of carbonyl (C=O) groups is 2. The molecule has 3 heterocycles. The Balaban J connectivity index is 1.64. The fraction of sp³-hybridized carbons (Fsp3) is 0.150. The molecule has 2 aromatic heterocycles. The van der Waals surface area contributed by atoms with Gasteiger partial charge in [0.25, 0.3) is 11.5 Å². The van der Waals surface area contributed by atoms with Gasteiger partial charge in [-0.1, -0.05) is 17.7 Å². The molecule has 4 N–H and O–H groups in total. The molecule has 0 fully saturated rings. The van der Waals surface area contributed by atoms with Crippen molar-refractivity contribution in [3.05, 3.63) is 74.7 Å². The van der Waals surface area contributed by atoms with E-state index in [2.05, 4.69) is 25.9 Å². The summed E-state index contributed by atoms with van der Waals surface area (Å²) in [6.45, 7) is 0. The van der Waals surface area contributed by atoms with Crippen LogP contribution >= 0.6 is 11.6 Å². The molecule has 1 unspecified atom stereocenters. The second-order valence-electron chi connectivity index (χ2n) is 7.35. The lowest BCUT2D eigenvalue weighted by atomic mass is 10.0. The largest absolute Gasteiger partial charge is 0.465 e. The average molecular weight is 457 g/mol. The Bertz CT molecular complexity index is 1380. The van der Waals surface area contributed by atoms with Gasteiger partial charge < -0.3 is 15.7 Å². The summed E-state index contributed by atoms with van der Waals surface area (Å²) in [7, 11) is 0. The fourth-order valence-electron chi connectivity index (χ4n) is 4.26. The van der Waals surface area contributed by atoms with E-state index in [1.807, 2.05) is 0 Å². The molecule has 1 aliphatic heterocycles. The number of nitrogens with zero attached hydrogens (tertiary/aromatic N) is 3. The van der Waals surface area contributed by atoms with E-state index in [9.17, 15) is 18.8 Å². The first-order chi connectivity index (χ1) is 15.3. The van der Waals surface area contributed by atoms with Crippen LogP contribution in [0.3, 0.4) is 0 Å². The maximum atomic E-state index is 14.0. The van der Waals surface area contributed by atoms with Crippen molar-refractivity contribution < 1.29 is 19.1 Å². The van der Waals surface area contributed by atoms with E-state index in [0.29, 0.717) is 18.4 Å². The molecule has 0 saturated heterocycles. The van der Waals surface area contributed by atoms with Crippen LogP contribution in [0.4, 0.5) is 26.5 Å². The van der Waals surface area contributed by atoms with Gasteiger partial charge in [0.1, 0.15) is 40.8 Å². The van der Waals surface area contributed by atoms with Crippen LogP contribution in [0.5, 0.6) is 0 Å². The molecular weight excluding hydrogens is 443 g/mol. The third-order valence-electron chi connectivity index (χ3n) is 5.51. The van der Waals surface area contributed by atoms with Crippen molar-refractivity contribution in [3.63, 3.8) is 0 Å². The van der Waals surface area contributed by atoms with Crippen molar-refractivity contribution in [2.45, 2.75) is 18.5 Å². The van der Waals surface area contributed by atoms with Gasteiger partial charge in [0.15, 0.2) is 0 Å². The molecule has 1 aromatic carbocycles. The monoisotopic (exact) mass is 456 g/mol. The van der Waals surface area contributed by atoms with Crippen LogP contribution in [-0.2, 0) is 12.1 Å². The molecule has 12 heteroatoms. The summed E-state index contributed by atoms with van der Waals surface area (Å²) in [6, 6.07) is 6.87. The molecule has 0 saturated carbocycles. The highest BCUT2D eigenvalue weighted by atomic mass is 35.5. The van der Waals surface area contributed by atoms with Crippen molar-refractivity contribution >= 4 is 40.9 Å². The first-order valence-electron chi connectivity index (χ1n) is 9.45. The third-order valence-corrected chi connectivity index (χ3v) is 5.80. The van der Waals surface area contributed by atoms with E-state index in [0.717, 1.165) is 11.9 Å². The second-order valence-corrected chi connectivity index (χ2v) is 7.76. The van der Waals surface area contributed by atoms with Crippen LogP contribution in [0.2, 0.25) is 5.02 Å². The van der Waals surface area contributed by atoms with Crippen LogP contribution in [0.25, 0.3) is 0 Å². The highest BCUT2D eigenvalue weighted by Gasteiger charge is 2.50. The van der Waals surface area contributed by atoms with E-state index in [-0.39, 0.29) is 28.0 Å². The number of pyridine rings is 1. The van der Waals surface area contributed by atoms with Gasteiger partial charge >= 0.3 is 6.09 Å². The Hall–Kier alpha value is -3.99. The van der Waals surface area contributed by atoms with Gasteiger partial charge in [-0.3, -0.25) is 19.5 Å². The highest BCUT2D eigenvalue weighted by molar-refractivity contribution is 6.34.